The van der Waals surface area contributed by atoms with Crippen LogP contribution < -0.4 is 20.1 Å². The van der Waals surface area contributed by atoms with Gasteiger partial charge in [-0.3, -0.25) is 10.1 Å². The van der Waals surface area contributed by atoms with Crippen LogP contribution in [0.15, 0.2) is 24.3 Å². The predicted octanol–water partition coefficient (Wildman–Crippen LogP) is 2.66. The molecular formula is C20H28N2O6. The molecule has 1 rings (SSSR count). The molecule has 154 valence electrons. The Balaban J connectivity index is 2.63. The van der Waals surface area contributed by atoms with Gasteiger partial charge < -0.3 is 19.5 Å². The number of nitrogens with one attached hydrogen (secondary N) is 2. The van der Waals surface area contributed by atoms with Crippen LogP contribution in [-0.2, 0) is 14.3 Å². The Morgan fingerprint density at radius 2 is 1.86 bits per heavy atom. The van der Waals surface area contributed by atoms with Gasteiger partial charge in [-0.2, -0.15) is 0 Å². The molecule has 28 heavy (non-hydrogen) atoms. The maximum atomic E-state index is 11.9. The second-order valence-electron chi connectivity index (χ2n) is 6.95. The SMILES string of the molecule is CCOc1ccc(/C=C/C(=O)O[C@@H](C)C(=O)NC(=O)NC(C)(C)C)cc1OC. The van der Waals surface area contributed by atoms with Gasteiger partial charge in [-0.05, 0) is 58.4 Å². The molecule has 1 atom stereocenters. The van der Waals surface area contributed by atoms with Crippen LogP contribution in [0.3, 0.4) is 0 Å². The average molecular weight is 392 g/mol. The number of esters is 1. The monoisotopic (exact) mass is 392 g/mol. The number of hydrogen-bond acceptors (Lipinski definition) is 6. The highest BCUT2D eigenvalue weighted by Gasteiger charge is 2.21. The number of ether oxygens (including phenoxy) is 3. The molecule has 0 saturated heterocycles. The molecule has 0 aromatic heterocycles. The number of benzene rings is 1. The summed E-state index contributed by atoms with van der Waals surface area (Å²) in [5, 5.41) is 4.71. The van der Waals surface area contributed by atoms with Gasteiger partial charge in [0.1, 0.15) is 0 Å². The minimum atomic E-state index is -1.13. The van der Waals surface area contributed by atoms with Gasteiger partial charge in [-0.25, -0.2) is 9.59 Å². The Morgan fingerprint density at radius 1 is 1.18 bits per heavy atom. The van der Waals surface area contributed by atoms with Gasteiger partial charge in [0.25, 0.3) is 5.91 Å². The van der Waals surface area contributed by atoms with Crippen molar-refractivity contribution in [1.82, 2.24) is 10.6 Å². The second-order valence-corrected chi connectivity index (χ2v) is 6.95. The number of carbonyl (C=O) groups is 3. The number of amides is 3. The molecule has 8 nitrogen and oxygen atoms in total. The minimum absolute atomic E-state index is 0.494. The van der Waals surface area contributed by atoms with E-state index in [0.717, 1.165) is 0 Å². The lowest BCUT2D eigenvalue weighted by atomic mass is 10.1. The van der Waals surface area contributed by atoms with Crippen molar-refractivity contribution in [2.75, 3.05) is 13.7 Å². The Morgan fingerprint density at radius 3 is 2.43 bits per heavy atom. The van der Waals surface area contributed by atoms with Crippen LogP contribution >= 0.6 is 0 Å². The number of urea groups is 1. The third-order valence-electron chi connectivity index (χ3n) is 3.29. The first-order valence-electron chi connectivity index (χ1n) is 8.88. The van der Waals surface area contributed by atoms with Crippen molar-refractivity contribution in [3.8, 4) is 11.5 Å². The van der Waals surface area contributed by atoms with Crippen LogP contribution in [0.2, 0.25) is 0 Å². The molecule has 8 heteroatoms. The molecular weight excluding hydrogens is 364 g/mol. The van der Waals surface area contributed by atoms with Crippen LogP contribution in [0.4, 0.5) is 4.79 Å². The molecule has 0 aliphatic carbocycles. The van der Waals surface area contributed by atoms with E-state index in [9.17, 15) is 14.4 Å². The summed E-state index contributed by atoms with van der Waals surface area (Å²) in [4.78, 5) is 35.5. The zero-order valence-corrected chi connectivity index (χ0v) is 17.1. The third kappa shape index (κ3) is 8.11. The molecule has 0 heterocycles. The van der Waals surface area contributed by atoms with Crippen LogP contribution in [0.5, 0.6) is 11.5 Å². The van der Waals surface area contributed by atoms with E-state index in [1.54, 1.807) is 39.0 Å². The molecule has 1 aromatic carbocycles. The molecule has 2 N–H and O–H groups in total. The van der Waals surface area contributed by atoms with E-state index in [0.29, 0.717) is 23.7 Å². The number of imide groups is 1. The van der Waals surface area contributed by atoms with Gasteiger partial charge in [0.2, 0.25) is 0 Å². The zero-order chi connectivity index (χ0) is 21.3. The van der Waals surface area contributed by atoms with E-state index in [2.05, 4.69) is 10.6 Å². The lowest BCUT2D eigenvalue weighted by Crippen LogP contribution is -2.50. The largest absolute Gasteiger partial charge is 0.493 e. The summed E-state index contributed by atoms with van der Waals surface area (Å²) in [6, 6.07) is 4.54. The first-order valence-corrected chi connectivity index (χ1v) is 8.88. The molecule has 0 aliphatic heterocycles. The van der Waals surface area contributed by atoms with Crippen LogP contribution in [0.25, 0.3) is 6.08 Å². The summed E-state index contributed by atoms with van der Waals surface area (Å²) in [6.45, 7) is 9.09. The van der Waals surface area contributed by atoms with Gasteiger partial charge in [-0.1, -0.05) is 6.07 Å². The number of rotatable bonds is 7. The number of hydrogen-bond donors (Lipinski definition) is 2. The fourth-order valence-electron chi connectivity index (χ4n) is 2.08. The van der Waals surface area contributed by atoms with Crippen LogP contribution in [0.1, 0.15) is 40.2 Å². The second kappa shape index (κ2) is 10.3. The van der Waals surface area contributed by atoms with Crippen molar-refractivity contribution in [3.05, 3.63) is 29.8 Å². The highest BCUT2D eigenvalue weighted by Crippen LogP contribution is 2.28. The van der Waals surface area contributed by atoms with Crippen LogP contribution in [0, 0.1) is 0 Å². The molecule has 0 spiro atoms. The molecule has 0 bridgehead atoms. The Kier molecular flexibility index (Phi) is 8.50. The smallest absolute Gasteiger partial charge is 0.331 e. The van der Waals surface area contributed by atoms with E-state index in [1.807, 2.05) is 6.92 Å². The third-order valence-corrected chi connectivity index (χ3v) is 3.29. The Bertz CT molecular complexity index is 737. The quantitative estimate of drug-likeness (QED) is 0.546. The van der Waals surface area contributed by atoms with Crippen molar-refractivity contribution in [1.29, 1.82) is 0 Å². The standard InChI is InChI=1S/C20H28N2O6/c1-7-27-15-10-8-14(12-16(15)26-6)9-11-17(23)28-13(2)18(24)21-19(25)22-20(3,4)5/h8-13H,7H2,1-6H3,(H2,21,22,24,25)/b11-9+/t13-/m0/s1. The molecule has 3 amide bonds. The maximum Gasteiger partial charge on any atom is 0.331 e. The lowest BCUT2D eigenvalue weighted by Gasteiger charge is -2.21. The summed E-state index contributed by atoms with van der Waals surface area (Å²) >= 11 is 0. The van der Waals surface area contributed by atoms with Crippen molar-refractivity contribution < 1.29 is 28.6 Å². The first kappa shape index (κ1) is 23.0. The molecule has 0 radical (unpaired) electrons. The lowest BCUT2D eigenvalue weighted by molar-refractivity contribution is -0.149. The van der Waals surface area contributed by atoms with Crippen LogP contribution in [-0.4, -0.2) is 43.3 Å². The van der Waals surface area contributed by atoms with Crippen molar-refractivity contribution in [2.45, 2.75) is 46.3 Å². The van der Waals surface area contributed by atoms with Gasteiger partial charge in [0.15, 0.2) is 17.6 Å². The molecule has 0 unspecified atom stereocenters. The molecule has 1 aromatic rings. The topological polar surface area (TPSA) is 103 Å². The summed E-state index contributed by atoms with van der Waals surface area (Å²) in [5.74, 6) is -0.295. The fourth-order valence-corrected chi connectivity index (χ4v) is 2.08. The Hall–Kier alpha value is -3.03. The van der Waals surface area contributed by atoms with Gasteiger partial charge in [0, 0.05) is 11.6 Å². The minimum Gasteiger partial charge on any atom is -0.493 e. The number of carbonyl (C=O) groups excluding carboxylic acids is 3. The highest BCUT2D eigenvalue weighted by atomic mass is 16.5. The van der Waals surface area contributed by atoms with Gasteiger partial charge >= 0.3 is 12.0 Å². The number of methoxy groups -OCH3 is 1. The fraction of sp³-hybridized carbons (Fsp3) is 0.450. The van der Waals surface area contributed by atoms with E-state index >= 15 is 0 Å². The normalized spacial score (nSPS) is 12.2. The van der Waals surface area contributed by atoms with Crippen molar-refractivity contribution >= 4 is 24.0 Å². The summed E-state index contributed by atoms with van der Waals surface area (Å²) in [5.41, 5.74) is 0.199. The van der Waals surface area contributed by atoms with Gasteiger partial charge in [0.05, 0.1) is 13.7 Å². The highest BCUT2D eigenvalue weighted by molar-refractivity contribution is 5.98. The summed E-state index contributed by atoms with van der Waals surface area (Å²) in [6.07, 6.45) is 1.59. The van der Waals surface area contributed by atoms with E-state index in [1.165, 1.54) is 26.2 Å². The molecule has 0 saturated carbocycles. The van der Waals surface area contributed by atoms with E-state index in [4.69, 9.17) is 14.2 Å². The van der Waals surface area contributed by atoms with E-state index < -0.39 is 29.6 Å². The molecule has 0 aliphatic rings. The summed E-state index contributed by atoms with van der Waals surface area (Å²) in [7, 11) is 1.52. The van der Waals surface area contributed by atoms with Gasteiger partial charge in [-0.15, -0.1) is 0 Å². The first-order chi connectivity index (χ1) is 13.1. The predicted molar refractivity (Wildman–Crippen MR) is 105 cm³/mol. The van der Waals surface area contributed by atoms with Crippen molar-refractivity contribution in [3.63, 3.8) is 0 Å². The molecule has 0 fully saturated rings. The average Bonchev–Trinajstić information content (AvgIpc) is 2.59. The Labute approximate surface area is 165 Å². The zero-order valence-electron chi connectivity index (χ0n) is 17.1. The van der Waals surface area contributed by atoms with Crippen molar-refractivity contribution in [2.24, 2.45) is 0 Å². The summed E-state index contributed by atoms with van der Waals surface area (Å²) < 4.78 is 15.7. The van der Waals surface area contributed by atoms with E-state index in [-0.39, 0.29) is 0 Å². The maximum absolute atomic E-state index is 11.9.